The van der Waals surface area contributed by atoms with Gasteiger partial charge in [0.15, 0.2) is 0 Å². The van der Waals surface area contributed by atoms with Crippen LogP contribution in [0.25, 0.3) is 0 Å². The van der Waals surface area contributed by atoms with E-state index in [1.54, 1.807) is 0 Å². The van der Waals surface area contributed by atoms with Crippen molar-refractivity contribution in [3.63, 3.8) is 0 Å². The highest BCUT2D eigenvalue weighted by atomic mass is 16.7. The molecule has 0 spiro atoms. The molecular formula is C18H26BNO2. The average Bonchev–Trinajstić information content (AvgIpc) is 2.85. The summed E-state index contributed by atoms with van der Waals surface area (Å²) in [5, 5.41) is 0. The first-order chi connectivity index (χ1) is 10.4. The first kappa shape index (κ1) is 14.7. The first-order valence-electron chi connectivity index (χ1n) is 8.53. The van der Waals surface area contributed by atoms with Gasteiger partial charge < -0.3 is 15.0 Å². The smallest absolute Gasteiger partial charge is 0.404 e. The summed E-state index contributed by atoms with van der Waals surface area (Å²) in [6.45, 7) is 6.99. The molecule has 1 aliphatic heterocycles. The van der Waals surface area contributed by atoms with Crippen LogP contribution in [0.5, 0.6) is 0 Å². The van der Waals surface area contributed by atoms with Crippen molar-refractivity contribution in [2.24, 2.45) is 23.0 Å². The Labute approximate surface area is 133 Å². The third-order valence-corrected chi connectivity index (χ3v) is 6.50. The van der Waals surface area contributed by atoms with E-state index in [2.05, 4.69) is 45.0 Å². The van der Waals surface area contributed by atoms with Gasteiger partial charge in [0.2, 0.25) is 0 Å². The predicted molar refractivity (Wildman–Crippen MR) is 88.2 cm³/mol. The Morgan fingerprint density at radius 1 is 1.27 bits per heavy atom. The van der Waals surface area contributed by atoms with Gasteiger partial charge in [-0.1, -0.05) is 44.2 Å². The van der Waals surface area contributed by atoms with Crippen LogP contribution in [-0.2, 0) is 15.7 Å². The van der Waals surface area contributed by atoms with Crippen LogP contribution in [0.3, 0.4) is 0 Å². The Hall–Kier alpha value is -0.835. The maximum absolute atomic E-state index is 6.40. The SMILES string of the molecule is CC1(C)[C@H]2C[C@@H]1[C@@H]1OB([C@@H](N)Cc3ccccc3)O[C@]1(C)C2. The molecule has 3 nitrogen and oxygen atoms in total. The van der Waals surface area contributed by atoms with E-state index in [-0.39, 0.29) is 24.8 Å². The Bertz CT molecular complexity index is 563. The van der Waals surface area contributed by atoms with E-state index in [4.69, 9.17) is 15.0 Å². The predicted octanol–water partition coefficient (Wildman–Crippen LogP) is 2.82. The molecule has 4 heteroatoms. The van der Waals surface area contributed by atoms with Gasteiger partial charge in [-0.3, -0.25) is 0 Å². The zero-order valence-corrected chi connectivity index (χ0v) is 13.8. The zero-order chi connectivity index (χ0) is 15.5. The second kappa shape index (κ2) is 4.83. The minimum absolute atomic E-state index is 0.106. The molecule has 1 heterocycles. The average molecular weight is 299 g/mol. The Morgan fingerprint density at radius 2 is 2.00 bits per heavy atom. The van der Waals surface area contributed by atoms with Crippen molar-refractivity contribution in [2.45, 2.75) is 57.7 Å². The van der Waals surface area contributed by atoms with E-state index in [0.29, 0.717) is 11.3 Å². The van der Waals surface area contributed by atoms with E-state index in [1.807, 2.05) is 6.07 Å². The molecule has 2 bridgehead atoms. The highest BCUT2D eigenvalue weighted by Crippen LogP contribution is 2.64. The molecule has 118 valence electrons. The standard InChI is InChI=1S/C18H26BNO2/c1-17(2)13-10-14(17)16-18(3,11-13)22-19(21-16)15(20)9-12-7-5-4-6-8-12/h4-8,13-16H,9-11,20H2,1-3H3/t13-,14+,15-,16-,18+/m0/s1. The van der Waals surface area contributed by atoms with Crippen molar-refractivity contribution >= 4 is 7.12 Å². The summed E-state index contributed by atoms with van der Waals surface area (Å²) in [5.74, 6) is 1.28. The van der Waals surface area contributed by atoms with Crippen LogP contribution in [0.1, 0.15) is 39.2 Å². The van der Waals surface area contributed by atoms with Gasteiger partial charge in [0, 0.05) is 5.94 Å². The van der Waals surface area contributed by atoms with Crippen molar-refractivity contribution in [3.05, 3.63) is 35.9 Å². The van der Waals surface area contributed by atoms with Crippen molar-refractivity contribution in [1.29, 1.82) is 0 Å². The summed E-state index contributed by atoms with van der Waals surface area (Å²) in [5.41, 5.74) is 7.90. The molecule has 3 saturated carbocycles. The summed E-state index contributed by atoms with van der Waals surface area (Å²) in [6, 6.07) is 10.4. The summed E-state index contributed by atoms with van der Waals surface area (Å²) in [6.07, 6.45) is 3.40. The monoisotopic (exact) mass is 299 g/mol. The molecule has 0 aromatic heterocycles. The number of hydrogen-bond donors (Lipinski definition) is 1. The minimum Gasteiger partial charge on any atom is -0.404 e. The lowest BCUT2D eigenvalue weighted by molar-refractivity contribution is -0.185. The van der Waals surface area contributed by atoms with Crippen molar-refractivity contribution < 1.29 is 9.31 Å². The molecule has 0 radical (unpaired) electrons. The third kappa shape index (κ3) is 2.08. The summed E-state index contributed by atoms with van der Waals surface area (Å²) < 4.78 is 12.7. The fraction of sp³-hybridized carbons (Fsp3) is 0.667. The van der Waals surface area contributed by atoms with Crippen LogP contribution in [0.2, 0.25) is 0 Å². The molecule has 2 N–H and O–H groups in total. The topological polar surface area (TPSA) is 44.5 Å². The molecule has 1 aromatic rings. The summed E-state index contributed by atoms with van der Waals surface area (Å²) in [7, 11) is -0.273. The number of hydrogen-bond acceptors (Lipinski definition) is 3. The van der Waals surface area contributed by atoms with Crippen LogP contribution >= 0.6 is 0 Å². The molecule has 0 amide bonds. The summed E-state index contributed by atoms with van der Waals surface area (Å²) >= 11 is 0. The van der Waals surface area contributed by atoms with Crippen LogP contribution in [0, 0.1) is 17.3 Å². The fourth-order valence-electron chi connectivity index (χ4n) is 4.91. The molecule has 4 aliphatic rings. The van der Waals surface area contributed by atoms with Gasteiger partial charge in [0.05, 0.1) is 11.7 Å². The lowest BCUT2D eigenvalue weighted by Crippen LogP contribution is -2.63. The molecule has 1 saturated heterocycles. The van der Waals surface area contributed by atoms with E-state index < -0.39 is 0 Å². The van der Waals surface area contributed by atoms with Gasteiger partial charge in [-0.2, -0.15) is 0 Å². The normalized spacial score (nSPS) is 40.0. The number of rotatable bonds is 3. The first-order valence-corrected chi connectivity index (χ1v) is 8.53. The fourth-order valence-corrected chi connectivity index (χ4v) is 4.91. The maximum atomic E-state index is 6.40. The molecule has 1 aromatic carbocycles. The van der Waals surface area contributed by atoms with Gasteiger partial charge in [0.25, 0.3) is 0 Å². The summed E-state index contributed by atoms with van der Waals surface area (Å²) in [4.78, 5) is 0. The van der Waals surface area contributed by atoms with Gasteiger partial charge in [0.1, 0.15) is 0 Å². The molecule has 0 unspecified atom stereocenters. The molecular weight excluding hydrogens is 273 g/mol. The van der Waals surface area contributed by atoms with Crippen molar-refractivity contribution in [1.82, 2.24) is 0 Å². The van der Waals surface area contributed by atoms with Crippen LogP contribution in [-0.4, -0.2) is 24.8 Å². The van der Waals surface area contributed by atoms with Gasteiger partial charge in [-0.15, -0.1) is 0 Å². The molecule has 22 heavy (non-hydrogen) atoms. The molecule has 5 atom stereocenters. The Kier molecular flexibility index (Phi) is 3.23. The van der Waals surface area contributed by atoms with E-state index >= 15 is 0 Å². The lowest BCUT2D eigenvalue weighted by Gasteiger charge is -2.63. The van der Waals surface area contributed by atoms with Crippen molar-refractivity contribution in [3.8, 4) is 0 Å². The third-order valence-electron chi connectivity index (χ3n) is 6.50. The second-order valence-electron chi connectivity index (χ2n) is 8.27. The number of nitrogens with two attached hydrogens (primary N) is 1. The van der Waals surface area contributed by atoms with Crippen molar-refractivity contribution in [2.75, 3.05) is 0 Å². The Morgan fingerprint density at radius 3 is 2.68 bits per heavy atom. The van der Waals surface area contributed by atoms with Crippen LogP contribution in [0.15, 0.2) is 30.3 Å². The largest absolute Gasteiger partial charge is 0.475 e. The highest BCUT2D eigenvalue weighted by Gasteiger charge is 2.67. The van der Waals surface area contributed by atoms with Gasteiger partial charge in [-0.25, -0.2) is 0 Å². The molecule has 5 rings (SSSR count). The lowest BCUT2D eigenvalue weighted by atomic mass is 9.45. The zero-order valence-electron chi connectivity index (χ0n) is 13.8. The minimum atomic E-state index is -0.273. The van der Waals surface area contributed by atoms with E-state index in [9.17, 15) is 0 Å². The van der Waals surface area contributed by atoms with Gasteiger partial charge >= 0.3 is 7.12 Å². The molecule has 3 aliphatic carbocycles. The van der Waals surface area contributed by atoms with E-state index in [1.165, 1.54) is 12.0 Å². The quantitative estimate of drug-likeness (QED) is 0.873. The Balaban J connectivity index is 1.48. The van der Waals surface area contributed by atoms with Gasteiger partial charge in [-0.05, 0) is 49.0 Å². The van der Waals surface area contributed by atoms with Crippen LogP contribution in [0.4, 0.5) is 0 Å². The number of benzene rings is 1. The van der Waals surface area contributed by atoms with E-state index in [0.717, 1.165) is 18.8 Å². The molecule has 4 fully saturated rings. The van der Waals surface area contributed by atoms with Crippen LogP contribution < -0.4 is 5.73 Å². The highest BCUT2D eigenvalue weighted by molar-refractivity contribution is 6.47. The second-order valence-corrected chi connectivity index (χ2v) is 8.27. The maximum Gasteiger partial charge on any atom is 0.475 e.